The topological polar surface area (TPSA) is 59.8 Å². The lowest BCUT2D eigenvalue weighted by atomic mass is 10.0. The monoisotopic (exact) mass is 370 g/mol. The summed E-state index contributed by atoms with van der Waals surface area (Å²) < 4.78 is 11.8. The molecule has 1 saturated heterocycles. The van der Waals surface area contributed by atoms with E-state index in [2.05, 4.69) is 15.9 Å². The zero-order valence-corrected chi connectivity index (χ0v) is 13.4. The average Bonchev–Trinajstić information content (AvgIpc) is 3.36. The number of fused-ring (bicyclic) bond motifs is 1. The third-order valence-electron chi connectivity index (χ3n) is 3.89. The number of rotatable bonds is 3. The van der Waals surface area contributed by atoms with Crippen LogP contribution < -0.4 is 5.43 Å². The SMILES string of the molecule is O=C(c1ccc(Br)cc1)C1OC1c1coc2ccccc2c1=O. The van der Waals surface area contributed by atoms with Crippen molar-refractivity contribution in [2.75, 3.05) is 0 Å². The fraction of sp³-hybridized carbons (Fsp3) is 0.111. The van der Waals surface area contributed by atoms with Crippen LogP contribution in [0.4, 0.5) is 0 Å². The second-order valence-corrected chi connectivity index (χ2v) is 6.28. The zero-order valence-electron chi connectivity index (χ0n) is 11.9. The fourth-order valence-electron chi connectivity index (χ4n) is 2.62. The number of ether oxygens (including phenoxy) is 1. The van der Waals surface area contributed by atoms with E-state index in [-0.39, 0.29) is 11.2 Å². The molecule has 1 fully saturated rings. The highest BCUT2D eigenvalue weighted by molar-refractivity contribution is 9.10. The molecule has 0 N–H and O–H groups in total. The Hall–Kier alpha value is -2.24. The summed E-state index contributed by atoms with van der Waals surface area (Å²) in [6, 6.07) is 14.1. The molecule has 0 saturated carbocycles. The summed E-state index contributed by atoms with van der Waals surface area (Å²) in [6.45, 7) is 0. The number of hydrogen-bond acceptors (Lipinski definition) is 4. The highest BCUT2D eigenvalue weighted by Gasteiger charge is 2.48. The van der Waals surface area contributed by atoms with Gasteiger partial charge in [0.05, 0.1) is 10.9 Å². The van der Waals surface area contributed by atoms with E-state index in [1.54, 1.807) is 48.5 Å². The Bertz CT molecular complexity index is 959. The van der Waals surface area contributed by atoms with Gasteiger partial charge in [0.1, 0.15) is 18.0 Å². The van der Waals surface area contributed by atoms with E-state index in [0.717, 1.165) is 4.47 Å². The molecule has 5 heteroatoms. The number of para-hydroxylation sites is 1. The third-order valence-corrected chi connectivity index (χ3v) is 4.42. The Morgan fingerprint density at radius 3 is 2.57 bits per heavy atom. The predicted molar refractivity (Wildman–Crippen MR) is 88.6 cm³/mol. The van der Waals surface area contributed by atoms with Crippen molar-refractivity contribution in [1.82, 2.24) is 0 Å². The molecule has 0 amide bonds. The molecule has 3 aromatic rings. The van der Waals surface area contributed by atoms with Gasteiger partial charge in [0.15, 0.2) is 17.3 Å². The highest BCUT2D eigenvalue weighted by Crippen LogP contribution is 2.39. The first-order valence-electron chi connectivity index (χ1n) is 7.11. The van der Waals surface area contributed by atoms with Gasteiger partial charge in [0, 0.05) is 10.0 Å². The minimum Gasteiger partial charge on any atom is -0.464 e. The van der Waals surface area contributed by atoms with Crippen molar-refractivity contribution in [3.63, 3.8) is 0 Å². The van der Waals surface area contributed by atoms with Gasteiger partial charge in [-0.25, -0.2) is 0 Å². The molecule has 4 rings (SSSR count). The number of carbonyl (C=O) groups is 1. The molecule has 114 valence electrons. The van der Waals surface area contributed by atoms with Crippen molar-refractivity contribution < 1.29 is 13.9 Å². The van der Waals surface area contributed by atoms with Crippen molar-refractivity contribution in [3.05, 3.63) is 80.6 Å². The van der Waals surface area contributed by atoms with Crippen LogP contribution in [0.15, 0.2) is 68.5 Å². The van der Waals surface area contributed by atoms with Gasteiger partial charge in [-0.05, 0) is 24.3 Å². The summed E-state index contributed by atoms with van der Waals surface area (Å²) >= 11 is 3.33. The number of hydrogen-bond donors (Lipinski definition) is 0. The molecule has 2 atom stereocenters. The first kappa shape index (κ1) is 14.4. The lowest BCUT2D eigenvalue weighted by Crippen LogP contribution is -2.13. The van der Waals surface area contributed by atoms with E-state index < -0.39 is 12.2 Å². The number of halogens is 1. The predicted octanol–water partition coefficient (Wildman–Crippen LogP) is 3.88. The van der Waals surface area contributed by atoms with E-state index in [1.807, 2.05) is 0 Å². The van der Waals surface area contributed by atoms with Crippen molar-refractivity contribution in [1.29, 1.82) is 0 Å². The van der Waals surface area contributed by atoms with Gasteiger partial charge >= 0.3 is 0 Å². The van der Waals surface area contributed by atoms with E-state index in [9.17, 15) is 9.59 Å². The number of epoxide rings is 1. The smallest absolute Gasteiger partial charge is 0.198 e. The van der Waals surface area contributed by atoms with Crippen molar-refractivity contribution >= 4 is 32.7 Å². The van der Waals surface area contributed by atoms with Gasteiger partial charge in [0.25, 0.3) is 0 Å². The first-order valence-corrected chi connectivity index (χ1v) is 7.90. The summed E-state index contributed by atoms with van der Waals surface area (Å²) in [7, 11) is 0. The Morgan fingerprint density at radius 2 is 1.78 bits per heavy atom. The minimum absolute atomic E-state index is 0.130. The maximum atomic E-state index is 12.5. The Kier molecular flexibility index (Phi) is 3.39. The van der Waals surface area contributed by atoms with Crippen LogP contribution in [0.1, 0.15) is 22.0 Å². The van der Waals surface area contributed by atoms with E-state index >= 15 is 0 Å². The van der Waals surface area contributed by atoms with Crippen LogP contribution in [0, 0.1) is 0 Å². The number of benzene rings is 2. The molecule has 1 aliphatic rings. The fourth-order valence-corrected chi connectivity index (χ4v) is 2.88. The normalized spacial score (nSPS) is 19.7. The summed E-state index contributed by atoms with van der Waals surface area (Å²) in [4.78, 5) is 24.9. The summed E-state index contributed by atoms with van der Waals surface area (Å²) in [6.07, 6.45) is 0.233. The maximum absolute atomic E-state index is 12.5. The number of Topliss-reactive ketones (excluding diaryl/α,β-unsaturated/α-hetero) is 1. The highest BCUT2D eigenvalue weighted by atomic mass is 79.9. The van der Waals surface area contributed by atoms with Gasteiger partial charge < -0.3 is 9.15 Å². The number of carbonyl (C=O) groups excluding carboxylic acids is 1. The largest absolute Gasteiger partial charge is 0.464 e. The quantitative estimate of drug-likeness (QED) is 0.518. The lowest BCUT2D eigenvalue weighted by molar-refractivity contribution is 0.0953. The second-order valence-electron chi connectivity index (χ2n) is 5.36. The first-order chi connectivity index (χ1) is 11.1. The standard InChI is InChI=1S/C18H11BrO4/c19-11-7-5-10(6-8-11)15(20)18-17(23-18)13-9-22-14-4-2-1-3-12(14)16(13)21/h1-9,17-18H. The number of ketones is 1. The van der Waals surface area contributed by atoms with E-state index in [1.165, 1.54) is 6.26 Å². The minimum atomic E-state index is -0.625. The molecule has 0 bridgehead atoms. The Morgan fingerprint density at radius 1 is 1.04 bits per heavy atom. The van der Waals surface area contributed by atoms with Gasteiger partial charge in [-0.15, -0.1) is 0 Å². The third kappa shape index (κ3) is 2.52. The molecular formula is C18H11BrO4. The molecule has 0 aliphatic carbocycles. The Balaban J connectivity index is 1.64. The van der Waals surface area contributed by atoms with Gasteiger partial charge in [-0.2, -0.15) is 0 Å². The van der Waals surface area contributed by atoms with Crippen LogP contribution >= 0.6 is 15.9 Å². The molecule has 2 aromatic carbocycles. The maximum Gasteiger partial charge on any atom is 0.198 e. The van der Waals surface area contributed by atoms with Gasteiger partial charge in [-0.1, -0.05) is 40.2 Å². The summed E-state index contributed by atoms with van der Waals surface area (Å²) in [5, 5.41) is 0.496. The molecule has 1 aromatic heterocycles. The summed E-state index contributed by atoms with van der Waals surface area (Å²) in [5.41, 5.74) is 1.32. The molecule has 1 aliphatic heterocycles. The van der Waals surface area contributed by atoms with Crippen LogP contribution in [0.3, 0.4) is 0 Å². The van der Waals surface area contributed by atoms with Crippen molar-refractivity contribution in [2.45, 2.75) is 12.2 Å². The second kappa shape index (κ2) is 5.44. The van der Waals surface area contributed by atoms with Crippen LogP contribution in [-0.2, 0) is 4.74 Å². The van der Waals surface area contributed by atoms with Gasteiger partial charge in [0.2, 0.25) is 0 Å². The molecule has 0 spiro atoms. The van der Waals surface area contributed by atoms with Crippen molar-refractivity contribution in [2.24, 2.45) is 0 Å². The zero-order chi connectivity index (χ0) is 16.0. The molecule has 23 heavy (non-hydrogen) atoms. The average molecular weight is 371 g/mol. The lowest BCUT2D eigenvalue weighted by Gasteiger charge is -2.00. The van der Waals surface area contributed by atoms with Gasteiger partial charge in [-0.3, -0.25) is 9.59 Å². The molecular weight excluding hydrogens is 360 g/mol. The van der Waals surface area contributed by atoms with Crippen LogP contribution in [0.25, 0.3) is 11.0 Å². The van der Waals surface area contributed by atoms with Crippen LogP contribution in [0.5, 0.6) is 0 Å². The van der Waals surface area contributed by atoms with Crippen LogP contribution in [-0.4, -0.2) is 11.9 Å². The molecule has 2 heterocycles. The van der Waals surface area contributed by atoms with E-state index in [0.29, 0.717) is 22.1 Å². The summed E-state index contributed by atoms with van der Waals surface area (Å²) in [5.74, 6) is -0.130. The van der Waals surface area contributed by atoms with E-state index in [4.69, 9.17) is 9.15 Å². The Labute approximate surface area is 139 Å². The molecule has 4 nitrogen and oxygen atoms in total. The molecule has 2 unspecified atom stereocenters. The van der Waals surface area contributed by atoms with Crippen molar-refractivity contribution in [3.8, 4) is 0 Å². The molecule has 0 radical (unpaired) electrons. The van der Waals surface area contributed by atoms with Crippen LogP contribution in [0.2, 0.25) is 0 Å².